The summed E-state index contributed by atoms with van der Waals surface area (Å²) in [4.78, 5) is 33.4. The smallest absolute Gasteiger partial charge is 0.478 e. The summed E-state index contributed by atoms with van der Waals surface area (Å²) in [6, 6.07) is 0. The molecule has 0 spiro atoms. The third-order valence-electron chi connectivity index (χ3n) is 5.34. The fourth-order valence-corrected chi connectivity index (χ4v) is 5.58. The minimum Gasteiger partial charge on any atom is -0.756 e. The van der Waals surface area contributed by atoms with Crippen molar-refractivity contribution in [1.82, 2.24) is 19.5 Å². The lowest BCUT2D eigenvalue weighted by molar-refractivity contribution is -0.221. The first-order valence-corrected chi connectivity index (χ1v) is 13.0. The van der Waals surface area contributed by atoms with Crippen LogP contribution in [-0.2, 0) is 32.0 Å². The first kappa shape index (κ1) is 27.4. The highest BCUT2D eigenvalue weighted by Crippen LogP contribution is 2.58. The molecule has 2 aliphatic rings. The molecule has 8 N–H and O–H groups in total. The maximum atomic E-state index is 12.0. The molecule has 0 radical (unpaired) electrons. The van der Waals surface area contributed by atoms with E-state index < -0.39 is 78.0 Å². The van der Waals surface area contributed by atoms with E-state index in [1.165, 1.54) is 10.9 Å². The van der Waals surface area contributed by atoms with Gasteiger partial charge in [-0.05, 0) is 0 Å². The first-order chi connectivity index (χ1) is 16.8. The molecule has 10 atom stereocenters. The monoisotopic (exact) mass is 558 g/mol. The molecule has 0 aliphatic carbocycles. The van der Waals surface area contributed by atoms with Crippen LogP contribution in [0.2, 0.25) is 0 Å². The van der Waals surface area contributed by atoms with Crippen molar-refractivity contribution >= 4 is 32.6 Å². The molecule has 2 fully saturated rings. The Balaban J connectivity index is 1.34. The zero-order chi connectivity index (χ0) is 26.4. The summed E-state index contributed by atoms with van der Waals surface area (Å²) in [5, 5.41) is 48.9. The van der Waals surface area contributed by atoms with Crippen molar-refractivity contribution in [2.75, 3.05) is 18.9 Å². The lowest BCUT2D eigenvalue weighted by atomic mass is 10.1. The maximum Gasteiger partial charge on any atom is 0.478 e. The predicted octanol–water partition coefficient (Wildman–Crippen LogP) is -3.91. The Morgan fingerprint density at radius 1 is 0.972 bits per heavy atom. The number of imidazole rings is 1. The van der Waals surface area contributed by atoms with E-state index in [2.05, 4.69) is 28.3 Å². The number of aromatic nitrogens is 4. The van der Waals surface area contributed by atoms with Gasteiger partial charge in [-0.25, -0.2) is 23.8 Å². The molecular formula is C15H22N5O14P2-. The second-order valence-corrected chi connectivity index (χ2v) is 10.8. The van der Waals surface area contributed by atoms with Gasteiger partial charge in [-0.15, -0.1) is 0 Å². The van der Waals surface area contributed by atoms with E-state index in [4.69, 9.17) is 15.2 Å². The molecule has 2 aromatic rings. The van der Waals surface area contributed by atoms with E-state index in [-0.39, 0.29) is 17.0 Å². The molecular weight excluding hydrogens is 536 g/mol. The lowest BCUT2D eigenvalue weighted by Gasteiger charge is -2.26. The molecule has 4 heterocycles. The largest absolute Gasteiger partial charge is 0.756 e. The normalized spacial score (nSPS) is 36.2. The molecule has 4 rings (SSSR count). The summed E-state index contributed by atoms with van der Waals surface area (Å²) in [7, 11) is -10.9. The molecule has 36 heavy (non-hydrogen) atoms. The van der Waals surface area contributed by atoms with Gasteiger partial charge in [0.25, 0.3) is 7.82 Å². The summed E-state index contributed by atoms with van der Waals surface area (Å²) < 4.78 is 48.4. The number of anilines is 1. The van der Waals surface area contributed by atoms with Crippen LogP contribution in [0.25, 0.3) is 11.2 Å². The van der Waals surface area contributed by atoms with Crippen LogP contribution in [0.4, 0.5) is 5.82 Å². The fraction of sp³-hybridized carbons (Fsp3) is 0.667. The van der Waals surface area contributed by atoms with Gasteiger partial charge in [0.1, 0.15) is 48.5 Å². The quantitative estimate of drug-likeness (QED) is 0.145. The van der Waals surface area contributed by atoms with Crippen LogP contribution in [0.3, 0.4) is 0 Å². The highest BCUT2D eigenvalue weighted by atomic mass is 31.3. The molecule has 0 saturated carbocycles. The molecule has 0 bridgehead atoms. The molecule has 21 heteroatoms. The maximum absolute atomic E-state index is 12.0. The van der Waals surface area contributed by atoms with E-state index in [1.54, 1.807) is 0 Å². The number of aliphatic hydroxyl groups excluding tert-OH is 5. The van der Waals surface area contributed by atoms with Gasteiger partial charge in [-0.2, -0.15) is 0 Å². The molecule has 19 nitrogen and oxygen atoms in total. The highest BCUT2D eigenvalue weighted by molar-refractivity contribution is 7.60. The molecule has 2 aromatic heterocycles. The van der Waals surface area contributed by atoms with E-state index in [0.29, 0.717) is 0 Å². The third-order valence-corrected chi connectivity index (χ3v) is 7.90. The van der Waals surface area contributed by atoms with Gasteiger partial charge in [0.15, 0.2) is 24.0 Å². The van der Waals surface area contributed by atoms with Crippen molar-refractivity contribution < 1.29 is 67.3 Å². The van der Waals surface area contributed by atoms with Crippen LogP contribution in [0.5, 0.6) is 0 Å². The Bertz CT molecular complexity index is 1180. The number of ether oxygens (including phenoxy) is 2. The highest BCUT2D eigenvalue weighted by Gasteiger charge is 2.46. The van der Waals surface area contributed by atoms with Crippen molar-refractivity contribution in [1.29, 1.82) is 0 Å². The van der Waals surface area contributed by atoms with Gasteiger partial charge in [0.2, 0.25) is 0 Å². The molecule has 2 saturated heterocycles. The second kappa shape index (κ2) is 10.2. The Kier molecular flexibility index (Phi) is 7.78. The Morgan fingerprint density at radius 3 is 2.28 bits per heavy atom. The zero-order valence-electron chi connectivity index (χ0n) is 17.9. The van der Waals surface area contributed by atoms with Crippen LogP contribution in [-0.4, -0.2) is 106 Å². The number of phosphoric acid groups is 2. The molecule has 0 aromatic carbocycles. The molecule has 0 amide bonds. The summed E-state index contributed by atoms with van der Waals surface area (Å²) >= 11 is 0. The number of hydrogen-bond donors (Lipinski definition) is 7. The van der Waals surface area contributed by atoms with Gasteiger partial charge >= 0.3 is 7.82 Å². The van der Waals surface area contributed by atoms with Gasteiger partial charge < -0.3 is 55.1 Å². The van der Waals surface area contributed by atoms with E-state index in [1.807, 2.05) is 0 Å². The minimum atomic E-state index is -5.56. The van der Waals surface area contributed by atoms with E-state index in [0.717, 1.165) is 6.33 Å². The van der Waals surface area contributed by atoms with Crippen molar-refractivity contribution in [2.45, 2.75) is 49.1 Å². The number of fused-ring (bicyclic) bond motifs is 1. The van der Waals surface area contributed by atoms with Crippen molar-refractivity contribution in [3.05, 3.63) is 12.7 Å². The van der Waals surface area contributed by atoms with E-state index in [9.17, 15) is 44.4 Å². The van der Waals surface area contributed by atoms with Gasteiger partial charge in [0, 0.05) is 0 Å². The van der Waals surface area contributed by atoms with Crippen molar-refractivity contribution in [3.63, 3.8) is 0 Å². The van der Waals surface area contributed by atoms with Crippen LogP contribution in [0.15, 0.2) is 12.7 Å². The third kappa shape index (κ3) is 5.59. The zero-order valence-corrected chi connectivity index (χ0v) is 19.7. The summed E-state index contributed by atoms with van der Waals surface area (Å²) in [6.07, 6.45) is -10.3. The molecule has 202 valence electrons. The summed E-state index contributed by atoms with van der Waals surface area (Å²) in [5.41, 5.74) is 6.06. The van der Waals surface area contributed by atoms with Crippen molar-refractivity contribution in [3.8, 4) is 0 Å². The second-order valence-electron chi connectivity index (χ2n) is 7.76. The van der Waals surface area contributed by atoms with Crippen molar-refractivity contribution in [2.24, 2.45) is 0 Å². The Labute approximate surface area is 200 Å². The topological polar surface area (TPSA) is 294 Å². The van der Waals surface area contributed by atoms with Crippen LogP contribution < -0.4 is 10.6 Å². The number of aliphatic hydroxyl groups is 5. The number of phosphoric ester groups is 2. The summed E-state index contributed by atoms with van der Waals surface area (Å²) in [5.74, 6) is 0.0492. The van der Waals surface area contributed by atoms with Gasteiger partial charge in [-0.1, -0.05) is 0 Å². The fourth-order valence-electron chi connectivity index (χ4n) is 3.53. The number of nitrogen functional groups attached to an aromatic ring is 1. The van der Waals surface area contributed by atoms with Crippen LogP contribution in [0, 0.1) is 0 Å². The van der Waals surface area contributed by atoms with Gasteiger partial charge in [-0.3, -0.25) is 13.7 Å². The van der Waals surface area contributed by atoms with Crippen LogP contribution in [0.1, 0.15) is 6.23 Å². The molecule has 10 unspecified atom stereocenters. The summed E-state index contributed by atoms with van der Waals surface area (Å²) in [6.45, 7) is -1.88. The van der Waals surface area contributed by atoms with E-state index >= 15 is 0 Å². The lowest BCUT2D eigenvalue weighted by Crippen LogP contribution is -2.34. The Morgan fingerprint density at radius 2 is 1.61 bits per heavy atom. The molecule has 2 aliphatic heterocycles. The van der Waals surface area contributed by atoms with Gasteiger partial charge in [0.05, 0.1) is 19.5 Å². The number of rotatable bonds is 9. The number of nitrogens with zero attached hydrogens (tertiary/aromatic N) is 4. The average molecular weight is 558 g/mol. The number of hydrogen-bond acceptors (Lipinski definition) is 17. The van der Waals surface area contributed by atoms with Crippen LogP contribution >= 0.6 is 15.6 Å². The standard InChI is InChI=1S/C15H23N5O14P2/c16-12-7-13(18-3-17-12)20(4-19-7)14-10(23)8(21)5(32-14)1-30-35(26,27)34-36(28,29)31-2-6-9(22)11(24)15(25)33-6/h3-6,8-11,14-15,21-25H,1-2H2,(H,26,27)(H,28,29)(H2,16,17,18)/p-1. The minimum absolute atomic E-state index is 0.0492. The number of nitrogens with two attached hydrogens (primary N) is 1. The predicted molar refractivity (Wildman–Crippen MR) is 109 cm³/mol. The average Bonchev–Trinajstić information content (AvgIpc) is 3.42. The first-order valence-electron chi connectivity index (χ1n) is 10.1. The Hall–Kier alpha value is -1.67. The SMILES string of the molecule is Nc1ncnc2c1ncn2C1OC(COP(=O)([O-])OP(=O)(O)OCC2OC(O)C(O)C2O)C(O)C1O.